The van der Waals surface area contributed by atoms with E-state index in [1.807, 2.05) is 45.9 Å². The van der Waals surface area contributed by atoms with Crippen molar-refractivity contribution in [1.29, 1.82) is 0 Å². The number of alkyl halides is 1. The van der Waals surface area contributed by atoms with E-state index in [1.165, 1.54) is 25.2 Å². The van der Waals surface area contributed by atoms with E-state index in [9.17, 15) is 43.5 Å². The summed E-state index contributed by atoms with van der Waals surface area (Å²) in [6.07, 6.45) is 4.35. The van der Waals surface area contributed by atoms with Crippen molar-refractivity contribution in [2.45, 2.75) is 173 Å². The number of primary amides is 1. The SMILES string of the molecule is C=C(CBr)C(=O)CCCCCCC(=O)C[C@H](C(=O)N[C@@H](CCCNC(N)=O)C(=O)Cc1ccc(NC(=O)O[C@H]2CC(=O)N(C)c3cc(cc(C)c3Cl)C/C(C)=C/C=C/[C@@H](OC)[C@]3(O)CC(=O)O[C@@H](C3)[C@@H](C)[C@@H]3O[C@@]23C)cc1OC)C(C)C. The third-order valence-corrected chi connectivity index (χ3v) is 16.9. The molecule has 0 unspecified atom stereocenters. The molecule has 3 heterocycles. The number of aryl methyl sites for hydroxylation is 1. The molecule has 0 spiro atoms. The number of nitrogens with two attached hydrogens (primary N) is 1. The number of urea groups is 1. The number of hydrogen-bond acceptors (Lipinski definition) is 14. The van der Waals surface area contributed by atoms with Gasteiger partial charge in [0.15, 0.2) is 11.6 Å². The summed E-state index contributed by atoms with van der Waals surface area (Å²) in [4.78, 5) is 108. The van der Waals surface area contributed by atoms with Gasteiger partial charge in [0, 0.05) is 87.3 Å². The molecular formula is C61H83BrClN5O14. The molecule has 9 atom stereocenters. The summed E-state index contributed by atoms with van der Waals surface area (Å²) < 4.78 is 29.8. The third kappa shape index (κ3) is 18.5. The number of methoxy groups -OCH3 is 2. The Morgan fingerprint density at radius 2 is 1.73 bits per heavy atom. The highest BCUT2D eigenvalue weighted by molar-refractivity contribution is 9.09. The second kappa shape index (κ2) is 30.6. The molecule has 0 saturated carbocycles. The molecule has 2 aromatic carbocycles. The average molecular weight is 1230 g/mol. The summed E-state index contributed by atoms with van der Waals surface area (Å²) in [6.45, 7) is 14.9. The number of hydrogen-bond donors (Lipinski definition) is 5. The Balaban J connectivity index is 1.33. The summed E-state index contributed by atoms with van der Waals surface area (Å²) in [7, 11) is 4.44. The van der Waals surface area contributed by atoms with Crippen molar-refractivity contribution in [1.82, 2.24) is 10.6 Å². The maximum absolute atomic E-state index is 14.4. The summed E-state index contributed by atoms with van der Waals surface area (Å²) in [6, 6.07) is 6.63. The van der Waals surface area contributed by atoms with E-state index in [1.54, 1.807) is 45.2 Å². The number of benzene rings is 2. The van der Waals surface area contributed by atoms with Crippen LogP contribution in [0.2, 0.25) is 5.02 Å². The van der Waals surface area contributed by atoms with Gasteiger partial charge in [0.25, 0.3) is 0 Å². The number of esters is 1. The van der Waals surface area contributed by atoms with Gasteiger partial charge < -0.3 is 50.1 Å². The third-order valence-electron chi connectivity index (χ3n) is 15.8. The van der Waals surface area contributed by atoms with Crippen molar-refractivity contribution >= 4 is 86.2 Å². The van der Waals surface area contributed by atoms with Crippen molar-refractivity contribution in [3.05, 3.63) is 88.0 Å². The molecule has 2 aromatic rings. The van der Waals surface area contributed by atoms with E-state index in [0.717, 1.165) is 29.5 Å². The molecule has 21 heteroatoms. The number of halogens is 2. The first-order chi connectivity index (χ1) is 38.7. The molecule has 0 radical (unpaired) electrons. The van der Waals surface area contributed by atoms with Crippen LogP contribution in [0.5, 0.6) is 5.75 Å². The highest BCUT2D eigenvalue weighted by Gasteiger charge is 2.64. The van der Waals surface area contributed by atoms with Crippen molar-refractivity contribution < 1.29 is 67.1 Å². The summed E-state index contributed by atoms with van der Waals surface area (Å²) in [5.74, 6) is -3.27. The Labute approximate surface area is 495 Å². The number of ketones is 3. The molecule has 19 nitrogen and oxygen atoms in total. The van der Waals surface area contributed by atoms with Gasteiger partial charge in [-0.2, -0.15) is 0 Å². The van der Waals surface area contributed by atoms with E-state index in [2.05, 4.69) is 38.5 Å². The van der Waals surface area contributed by atoms with E-state index >= 15 is 0 Å². The minimum atomic E-state index is -1.63. The smallest absolute Gasteiger partial charge is 0.412 e. The van der Waals surface area contributed by atoms with Crippen LogP contribution in [0.15, 0.2) is 66.3 Å². The van der Waals surface area contributed by atoms with E-state index in [0.29, 0.717) is 52.9 Å². The fourth-order valence-electron chi connectivity index (χ4n) is 10.8. The van der Waals surface area contributed by atoms with Crippen LogP contribution in [0, 0.1) is 24.7 Å². The molecule has 5 amide bonds. The zero-order chi connectivity index (χ0) is 60.6. The minimum absolute atomic E-state index is 0.0105. The lowest BCUT2D eigenvalue weighted by Gasteiger charge is -2.41. The maximum Gasteiger partial charge on any atom is 0.412 e. The Morgan fingerprint density at radius 1 is 1.02 bits per heavy atom. The zero-order valence-corrected chi connectivity index (χ0v) is 51.1. The van der Waals surface area contributed by atoms with Crippen LogP contribution in [0.4, 0.5) is 21.0 Å². The zero-order valence-electron chi connectivity index (χ0n) is 48.8. The monoisotopic (exact) mass is 1220 g/mol. The van der Waals surface area contributed by atoms with Gasteiger partial charge in [0.2, 0.25) is 11.8 Å². The van der Waals surface area contributed by atoms with Crippen molar-refractivity contribution in [2.24, 2.45) is 23.5 Å². The summed E-state index contributed by atoms with van der Waals surface area (Å²) in [5.41, 5.74) is 6.55. The quantitative estimate of drug-likeness (QED) is 0.0204. The lowest BCUT2D eigenvalue weighted by molar-refractivity contribution is -0.187. The number of Topliss-reactive ketones (excluding diaryl/α,β-unsaturated/α-hetero) is 3. The van der Waals surface area contributed by atoms with Gasteiger partial charge in [0.05, 0.1) is 42.8 Å². The predicted molar refractivity (Wildman–Crippen MR) is 316 cm³/mol. The predicted octanol–water partition coefficient (Wildman–Crippen LogP) is 9.07. The molecule has 0 aliphatic carbocycles. The molecule has 0 aromatic heterocycles. The van der Waals surface area contributed by atoms with Crippen LogP contribution < -0.4 is 31.3 Å². The summed E-state index contributed by atoms with van der Waals surface area (Å²) >= 11 is 10.1. The van der Waals surface area contributed by atoms with Gasteiger partial charge in [-0.25, -0.2) is 9.59 Å². The van der Waals surface area contributed by atoms with Gasteiger partial charge in [-0.1, -0.05) is 104 Å². The number of nitrogens with zero attached hydrogens (tertiary/aromatic N) is 1. The molecule has 82 heavy (non-hydrogen) atoms. The molecule has 2 fully saturated rings. The Kier molecular flexibility index (Phi) is 24.9. The number of ether oxygens (including phenoxy) is 5. The Bertz CT molecular complexity index is 2750. The molecule has 6 N–H and O–H groups in total. The second-order valence-electron chi connectivity index (χ2n) is 22.6. The lowest BCUT2D eigenvalue weighted by Crippen LogP contribution is -2.53. The van der Waals surface area contributed by atoms with Gasteiger partial charge in [0.1, 0.15) is 41.0 Å². The van der Waals surface area contributed by atoms with Crippen LogP contribution >= 0.6 is 27.5 Å². The highest BCUT2D eigenvalue weighted by Crippen LogP contribution is 2.50. The Hall–Kier alpha value is -5.93. The lowest BCUT2D eigenvalue weighted by atomic mass is 9.78. The number of carbonyl (C=O) groups is 8. The first-order valence-electron chi connectivity index (χ1n) is 28.0. The number of unbranched alkanes of at least 4 members (excludes halogenated alkanes) is 3. The molecule has 3 aliphatic heterocycles. The summed E-state index contributed by atoms with van der Waals surface area (Å²) in [5, 5.41) is 20.9. The topological polar surface area (TPSA) is 272 Å². The van der Waals surface area contributed by atoms with E-state index in [-0.39, 0.29) is 92.6 Å². The highest BCUT2D eigenvalue weighted by atomic mass is 79.9. The van der Waals surface area contributed by atoms with Gasteiger partial charge >= 0.3 is 18.1 Å². The fraction of sp³-hybridized carbons (Fsp3) is 0.574. The number of aliphatic hydroxyl groups is 1. The average Bonchev–Trinajstić information content (AvgIpc) is 3.76. The second-order valence-corrected chi connectivity index (χ2v) is 23.5. The van der Waals surface area contributed by atoms with E-state index < -0.39 is 83.4 Å². The maximum atomic E-state index is 14.4. The van der Waals surface area contributed by atoms with Crippen LogP contribution in [-0.4, -0.2) is 127 Å². The largest absolute Gasteiger partial charge is 0.496 e. The van der Waals surface area contributed by atoms with Gasteiger partial charge in [-0.05, 0) is 87.6 Å². The molecular weight excluding hydrogens is 1140 g/mol. The minimum Gasteiger partial charge on any atom is -0.496 e. The number of nitrogens with one attached hydrogen (secondary N) is 3. The van der Waals surface area contributed by atoms with Crippen molar-refractivity contribution in [2.75, 3.05) is 43.4 Å². The molecule has 4 bridgehead atoms. The standard InChI is InChI=1S/C61H83BrClN5O14/c1-35(2)44(30-43(69)18-13-11-12-14-20-47(70)38(5)34-62)57(74)67-45(19-16-24-65-58(64)75)48(71)28-41-22-23-42(29-49(41)78-9)66-59(76)81-52-31-53(72)68(8)46-27-40(26-37(4)55(46)63)25-36(3)17-15-21-51(79-10)61(77)32-50(80-54(73)33-61)39(6)56-60(52,7)82-56/h15,17,21-23,26-27,29,35,39,44-45,50-52,56,77H,5,11-14,16,18-20,24-25,28,30-34H2,1-4,6-10H3,(H,66,76)(H,67,74)(H3,64,65,75)/b21-15+,36-17+/t39-,44+,45+,50+,51-,52+,56+,60+,61-/m1/s1. The molecule has 5 rings (SSSR count). The number of allylic oxidation sites excluding steroid dienone is 4. The van der Waals surface area contributed by atoms with Crippen LogP contribution in [-0.2, 0) is 60.6 Å². The first-order valence-corrected chi connectivity index (χ1v) is 29.5. The van der Waals surface area contributed by atoms with Crippen molar-refractivity contribution in [3.8, 4) is 5.75 Å². The number of epoxide rings is 1. The van der Waals surface area contributed by atoms with Crippen LogP contribution in [0.3, 0.4) is 0 Å². The number of carbonyl (C=O) groups excluding carboxylic acids is 8. The Morgan fingerprint density at radius 3 is 2.39 bits per heavy atom. The van der Waals surface area contributed by atoms with Gasteiger partial charge in [-0.15, -0.1) is 0 Å². The molecule has 450 valence electrons. The molecule has 2 saturated heterocycles. The number of anilines is 2. The number of rotatable bonds is 25. The normalized spacial score (nSPS) is 24.6. The first kappa shape index (κ1) is 66.9. The van der Waals surface area contributed by atoms with Crippen molar-refractivity contribution in [3.63, 3.8) is 0 Å². The van der Waals surface area contributed by atoms with E-state index in [4.69, 9.17) is 41.0 Å². The fourth-order valence-corrected chi connectivity index (χ4v) is 11.3. The number of fused-ring (bicyclic) bond motifs is 5. The number of amides is 5. The van der Waals surface area contributed by atoms with Gasteiger partial charge in [-0.3, -0.25) is 34.1 Å². The molecule has 3 aliphatic rings. The van der Waals surface area contributed by atoms with Crippen LogP contribution in [0.25, 0.3) is 0 Å². The van der Waals surface area contributed by atoms with Crippen LogP contribution in [0.1, 0.15) is 128 Å².